The van der Waals surface area contributed by atoms with Gasteiger partial charge in [0.1, 0.15) is 12.2 Å². The lowest BCUT2D eigenvalue weighted by Crippen LogP contribution is -2.13. The fourth-order valence-electron chi connectivity index (χ4n) is 3.42. The van der Waals surface area contributed by atoms with Crippen molar-refractivity contribution in [2.24, 2.45) is 0 Å². The Morgan fingerprint density at radius 2 is 1.88 bits per heavy atom. The van der Waals surface area contributed by atoms with Gasteiger partial charge in [-0.1, -0.05) is 24.3 Å². The maximum atomic E-state index is 12.3. The van der Waals surface area contributed by atoms with Crippen molar-refractivity contribution in [1.82, 2.24) is 4.98 Å². The minimum atomic E-state index is -0.606. The predicted molar refractivity (Wildman–Crippen MR) is 123 cm³/mol. The molecule has 1 N–H and O–H groups in total. The number of nitrogens with one attached hydrogen (secondary N) is 1. The topological polar surface area (TPSA) is 108 Å². The zero-order valence-corrected chi connectivity index (χ0v) is 18.0. The number of carbonyl (C=O) groups excluding carboxylic acids is 2. The maximum absolute atomic E-state index is 12.3. The van der Waals surface area contributed by atoms with Gasteiger partial charge in [0, 0.05) is 46.3 Å². The van der Waals surface area contributed by atoms with Crippen LogP contribution in [0.2, 0.25) is 0 Å². The first-order valence-corrected chi connectivity index (χ1v) is 10.5. The van der Waals surface area contributed by atoms with Crippen LogP contribution in [0.4, 0.5) is 10.5 Å². The van der Waals surface area contributed by atoms with E-state index in [0.717, 1.165) is 16.6 Å². The number of aryl methyl sites for hydroxylation is 1. The number of benzene rings is 2. The quantitative estimate of drug-likeness (QED) is 0.327. The Balaban J connectivity index is 1.40. The van der Waals surface area contributed by atoms with Crippen LogP contribution in [0.5, 0.6) is 0 Å². The first-order chi connectivity index (χ1) is 16.0. The highest BCUT2D eigenvalue weighted by Gasteiger charge is 2.11. The average molecular weight is 446 g/mol. The summed E-state index contributed by atoms with van der Waals surface area (Å²) in [6, 6.07) is 17.8. The summed E-state index contributed by atoms with van der Waals surface area (Å²) in [7, 11) is 0. The van der Waals surface area contributed by atoms with Crippen molar-refractivity contribution in [2.75, 3.05) is 11.9 Å². The monoisotopic (exact) mass is 446 g/mol. The molecular weight excluding hydrogens is 424 g/mol. The van der Waals surface area contributed by atoms with Gasteiger partial charge in [-0.15, -0.1) is 0 Å². The fraction of sp³-hybridized carbons (Fsp3) is 0.200. The number of rotatable bonds is 7. The molecule has 1 amide bonds. The van der Waals surface area contributed by atoms with E-state index in [2.05, 4.69) is 10.3 Å². The molecule has 168 valence electrons. The van der Waals surface area contributed by atoms with Gasteiger partial charge in [0.2, 0.25) is 0 Å². The Hall–Kier alpha value is -4.20. The SMILES string of the molecule is CCOC(=O)Nc1ccc2c(COC(=O)CCc3ccc4ccccc4n3)cc(=O)oc2c1. The van der Waals surface area contributed by atoms with E-state index in [-0.39, 0.29) is 25.2 Å². The molecule has 0 radical (unpaired) electrons. The van der Waals surface area contributed by atoms with Gasteiger partial charge in [0.25, 0.3) is 0 Å². The Morgan fingerprint density at radius 1 is 1.03 bits per heavy atom. The zero-order chi connectivity index (χ0) is 23.2. The van der Waals surface area contributed by atoms with Crippen molar-refractivity contribution >= 4 is 39.6 Å². The Bertz CT molecular complexity index is 1380. The van der Waals surface area contributed by atoms with E-state index in [1.807, 2.05) is 36.4 Å². The largest absolute Gasteiger partial charge is 0.461 e. The second kappa shape index (κ2) is 9.95. The van der Waals surface area contributed by atoms with Crippen LogP contribution < -0.4 is 10.9 Å². The zero-order valence-electron chi connectivity index (χ0n) is 18.0. The van der Waals surface area contributed by atoms with E-state index >= 15 is 0 Å². The molecule has 0 spiro atoms. The number of anilines is 1. The van der Waals surface area contributed by atoms with Gasteiger partial charge in [0.15, 0.2) is 0 Å². The number of aromatic nitrogens is 1. The Morgan fingerprint density at radius 3 is 2.73 bits per heavy atom. The molecule has 2 aromatic heterocycles. The molecule has 0 saturated carbocycles. The molecule has 0 aliphatic carbocycles. The van der Waals surface area contributed by atoms with Crippen LogP contribution in [0, 0.1) is 0 Å². The first-order valence-electron chi connectivity index (χ1n) is 10.5. The van der Waals surface area contributed by atoms with Crippen molar-refractivity contribution in [1.29, 1.82) is 0 Å². The van der Waals surface area contributed by atoms with Gasteiger partial charge in [-0.3, -0.25) is 15.1 Å². The molecule has 0 fully saturated rings. The van der Waals surface area contributed by atoms with Crippen molar-refractivity contribution in [3.63, 3.8) is 0 Å². The Kier molecular flexibility index (Phi) is 6.64. The predicted octanol–water partition coefficient (Wildman–Crippen LogP) is 4.59. The summed E-state index contributed by atoms with van der Waals surface area (Å²) in [5, 5.41) is 4.20. The number of pyridine rings is 1. The third-order valence-electron chi connectivity index (χ3n) is 4.98. The second-order valence-corrected chi connectivity index (χ2v) is 7.30. The van der Waals surface area contributed by atoms with Crippen LogP contribution in [0.15, 0.2) is 69.9 Å². The number of ether oxygens (including phenoxy) is 2. The molecule has 0 aliphatic rings. The molecule has 0 saturated heterocycles. The molecule has 0 unspecified atom stereocenters. The van der Waals surface area contributed by atoms with Gasteiger partial charge in [0.05, 0.1) is 18.5 Å². The van der Waals surface area contributed by atoms with E-state index in [0.29, 0.717) is 23.1 Å². The lowest BCUT2D eigenvalue weighted by molar-refractivity contribution is -0.144. The van der Waals surface area contributed by atoms with Crippen molar-refractivity contribution < 1.29 is 23.5 Å². The lowest BCUT2D eigenvalue weighted by Gasteiger charge is -2.09. The van der Waals surface area contributed by atoms with Crippen molar-refractivity contribution in [3.8, 4) is 0 Å². The number of esters is 1. The van der Waals surface area contributed by atoms with Crippen molar-refractivity contribution in [3.05, 3.63) is 82.3 Å². The highest BCUT2D eigenvalue weighted by molar-refractivity contribution is 5.90. The minimum absolute atomic E-state index is 0.0727. The highest BCUT2D eigenvalue weighted by Crippen LogP contribution is 2.22. The van der Waals surface area contributed by atoms with Gasteiger partial charge >= 0.3 is 17.7 Å². The summed E-state index contributed by atoms with van der Waals surface area (Å²) in [4.78, 5) is 40.4. The van der Waals surface area contributed by atoms with Gasteiger partial charge < -0.3 is 13.9 Å². The maximum Gasteiger partial charge on any atom is 0.411 e. The van der Waals surface area contributed by atoms with E-state index in [9.17, 15) is 14.4 Å². The van der Waals surface area contributed by atoms with Crippen LogP contribution in [-0.4, -0.2) is 23.7 Å². The number of hydrogen-bond acceptors (Lipinski definition) is 7. The number of amides is 1. The third-order valence-corrected chi connectivity index (χ3v) is 4.98. The van der Waals surface area contributed by atoms with Gasteiger partial charge in [-0.05, 0) is 31.2 Å². The van der Waals surface area contributed by atoms with E-state index in [1.165, 1.54) is 12.1 Å². The standard InChI is InChI=1S/C25H22N2O6/c1-2-31-25(30)27-19-9-11-20-17(13-24(29)33-22(20)14-19)15-32-23(28)12-10-18-8-7-16-5-3-4-6-21(16)26-18/h3-9,11,13-14H,2,10,12,15H2,1H3,(H,27,30). The molecule has 0 atom stereocenters. The third kappa shape index (κ3) is 5.54. The summed E-state index contributed by atoms with van der Waals surface area (Å²) >= 11 is 0. The number of carbonyl (C=O) groups is 2. The van der Waals surface area contributed by atoms with Crippen molar-refractivity contribution in [2.45, 2.75) is 26.4 Å². The summed E-state index contributed by atoms with van der Waals surface area (Å²) < 4.78 is 15.5. The molecule has 8 heteroatoms. The number of nitrogens with zero attached hydrogens (tertiary/aromatic N) is 1. The molecule has 33 heavy (non-hydrogen) atoms. The molecule has 4 rings (SSSR count). The molecular formula is C25H22N2O6. The summed E-state index contributed by atoms with van der Waals surface area (Å²) in [5.41, 5.74) is 2.30. The lowest BCUT2D eigenvalue weighted by atomic mass is 10.1. The normalized spacial score (nSPS) is 10.8. The number of fused-ring (bicyclic) bond motifs is 2. The van der Waals surface area contributed by atoms with Crippen LogP contribution in [0.3, 0.4) is 0 Å². The first kappa shape index (κ1) is 22.0. The van der Waals surface area contributed by atoms with Crippen LogP contribution >= 0.6 is 0 Å². The van der Waals surface area contributed by atoms with E-state index in [1.54, 1.807) is 19.1 Å². The molecule has 8 nitrogen and oxygen atoms in total. The number of para-hydroxylation sites is 1. The summed E-state index contributed by atoms with van der Waals surface area (Å²) in [6.07, 6.45) is 0.00734. The van der Waals surface area contributed by atoms with Gasteiger partial charge in [-0.2, -0.15) is 0 Å². The highest BCUT2D eigenvalue weighted by atomic mass is 16.5. The molecule has 0 bridgehead atoms. The number of hydrogen-bond donors (Lipinski definition) is 1. The molecule has 2 aromatic carbocycles. The minimum Gasteiger partial charge on any atom is -0.461 e. The van der Waals surface area contributed by atoms with Gasteiger partial charge in [-0.25, -0.2) is 9.59 Å². The second-order valence-electron chi connectivity index (χ2n) is 7.30. The summed E-state index contributed by atoms with van der Waals surface area (Å²) in [5.74, 6) is -0.396. The van der Waals surface area contributed by atoms with Crippen LogP contribution in [0.25, 0.3) is 21.9 Å². The molecule has 4 aromatic rings. The van der Waals surface area contributed by atoms with Crippen LogP contribution in [-0.2, 0) is 27.3 Å². The van der Waals surface area contributed by atoms with Crippen LogP contribution in [0.1, 0.15) is 24.6 Å². The Labute approximate surface area is 189 Å². The molecule has 0 aliphatic heterocycles. The van der Waals surface area contributed by atoms with E-state index < -0.39 is 17.7 Å². The smallest absolute Gasteiger partial charge is 0.411 e. The summed E-state index contributed by atoms with van der Waals surface area (Å²) in [6.45, 7) is 1.86. The fourth-order valence-corrected chi connectivity index (χ4v) is 3.42. The van der Waals surface area contributed by atoms with E-state index in [4.69, 9.17) is 13.9 Å². The molecule has 2 heterocycles. The average Bonchev–Trinajstić information content (AvgIpc) is 2.81.